The molecule has 0 atom stereocenters. The second kappa shape index (κ2) is 8.61. The molecule has 1 saturated heterocycles. The van der Waals surface area contributed by atoms with E-state index in [9.17, 15) is 9.59 Å². The number of amides is 2. The highest BCUT2D eigenvalue weighted by molar-refractivity contribution is 6.08. The van der Waals surface area contributed by atoms with Gasteiger partial charge in [-0.15, -0.1) is 0 Å². The molecule has 0 unspecified atom stereocenters. The Hall–Kier alpha value is -3.28. The molecular weight excluding hydrogens is 378 g/mol. The molecule has 2 aliphatic heterocycles. The number of ether oxygens (including phenoxy) is 1. The summed E-state index contributed by atoms with van der Waals surface area (Å²) in [5.41, 5.74) is 3.37. The van der Waals surface area contributed by atoms with E-state index in [1.165, 1.54) is 5.69 Å². The molecule has 2 aromatic carbocycles. The van der Waals surface area contributed by atoms with E-state index in [0.29, 0.717) is 17.8 Å². The third kappa shape index (κ3) is 4.03. The van der Waals surface area contributed by atoms with Gasteiger partial charge >= 0.3 is 0 Å². The molecular formula is C24H27N3O3. The van der Waals surface area contributed by atoms with Gasteiger partial charge in [0.2, 0.25) is 5.91 Å². The standard InChI is InChI=1S/C24H27N3O3/c1-17-21-5-3-4-6-22(21)24(29)27(17)16-13-23(28)25-18-11-14-26(15-12-18)19-7-9-20(30-2)10-8-19/h3-10,18H,1,11-16H2,2H3,(H,25,28). The van der Waals surface area contributed by atoms with E-state index in [-0.39, 0.29) is 24.3 Å². The van der Waals surface area contributed by atoms with Crippen molar-refractivity contribution in [3.63, 3.8) is 0 Å². The van der Waals surface area contributed by atoms with Crippen molar-refractivity contribution in [2.45, 2.75) is 25.3 Å². The number of methoxy groups -OCH3 is 1. The molecule has 2 aromatic rings. The number of rotatable bonds is 6. The third-order valence-electron chi connectivity index (χ3n) is 5.90. The van der Waals surface area contributed by atoms with Gasteiger partial charge < -0.3 is 19.9 Å². The molecule has 0 aliphatic carbocycles. The number of hydrogen-bond acceptors (Lipinski definition) is 4. The smallest absolute Gasteiger partial charge is 0.258 e. The number of benzene rings is 2. The van der Waals surface area contributed by atoms with Crippen LogP contribution in [0.2, 0.25) is 0 Å². The summed E-state index contributed by atoms with van der Waals surface area (Å²) in [5, 5.41) is 3.13. The van der Waals surface area contributed by atoms with Crippen LogP contribution < -0.4 is 15.0 Å². The van der Waals surface area contributed by atoms with Crippen molar-refractivity contribution in [1.29, 1.82) is 0 Å². The number of carbonyl (C=O) groups excluding carboxylic acids is 2. The predicted octanol–water partition coefficient (Wildman–Crippen LogP) is 3.30. The average Bonchev–Trinajstić information content (AvgIpc) is 3.03. The molecule has 0 bridgehead atoms. The molecule has 0 spiro atoms. The van der Waals surface area contributed by atoms with E-state index in [2.05, 4.69) is 28.9 Å². The monoisotopic (exact) mass is 405 g/mol. The Morgan fingerprint density at radius 2 is 1.77 bits per heavy atom. The second-order valence-electron chi connectivity index (χ2n) is 7.73. The lowest BCUT2D eigenvalue weighted by molar-refractivity contribution is -0.122. The molecule has 0 aromatic heterocycles. The highest BCUT2D eigenvalue weighted by Crippen LogP contribution is 2.31. The number of anilines is 1. The highest BCUT2D eigenvalue weighted by atomic mass is 16.5. The predicted molar refractivity (Wildman–Crippen MR) is 118 cm³/mol. The molecule has 2 aliphatic rings. The summed E-state index contributed by atoms with van der Waals surface area (Å²) >= 11 is 0. The Balaban J connectivity index is 1.24. The van der Waals surface area contributed by atoms with Gasteiger partial charge in [0.1, 0.15) is 5.75 Å². The summed E-state index contributed by atoms with van der Waals surface area (Å²) in [6, 6.07) is 15.7. The Labute approximate surface area is 177 Å². The zero-order valence-electron chi connectivity index (χ0n) is 17.3. The average molecular weight is 405 g/mol. The molecule has 2 heterocycles. The first kappa shape index (κ1) is 20.0. The molecule has 0 radical (unpaired) electrons. The molecule has 156 valence electrons. The first-order valence-corrected chi connectivity index (χ1v) is 10.4. The Kier molecular flexibility index (Phi) is 5.74. The van der Waals surface area contributed by atoms with Crippen LogP contribution in [0.4, 0.5) is 5.69 Å². The molecule has 30 heavy (non-hydrogen) atoms. The van der Waals surface area contributed by atoms with E-state index in [1.807, 2.05) is 30.3 Å². The van der Waals surface area contributed by atoms with Gasteiger partial charge in [0, 0.05) is 54.6 Å². The SMILES string of the molecule is C=C1c2ccccc2C(=O)N1CCC(=O)NC1CCN(c2ccc(OC)cc2)CC1. The maximum absolute atomic E-state index is 12.5. The van der Waals surface area contributed by atoms with Crippen molar-refractivity contribution in [2.75, 3.05) is 31.6 Å². The van der Waals surface area contributed by atoms with Crippen molar-refractivity contribution in [3.05, 3.63) is 66.2 Å². The molecule has 1 N–H and O–H groups in total. The van der Waals surface area contributed by atoms with E-state index in [0.717, 1.165) is 37.2 Å². The van der Waals surface area contributed by atoms with Gasteiger partial charge in [-0.25, -0.2) is 0 Å². The lowest BCUT2D eigenvalue weighted by atomic mass is 10.0. The van der Waals surface area contributed by atoms with Crippen molar-refractivity contribution >= 4 is 23.2 Å². The molecule has 2 amide bonds. The van der Waals surface area contributed by atoms with E-state index < -0.39 is 0 Å². The van der Waals surface area contributed by atoms with Gasteiger partial charge in [-0.1, -0.05) is 24.8 Å². The number of nitrogens with one attached hydrogen (secondary N) is 1. The van der Waals surface area contributed by atoms with Crippen LogP contribution in [-0.2, 0) is 4.79 Å². The van der Waals surface area contributed by atoms with Gasteiger partial charge in [-0.2, -0.15) is 0 Å². The topological polar surface area (TPSA) is 61.9 Å². The lowest BCUT2D eigenvalue weighted by Gasteiger charge is -2.34. The van der Waals surface area contributed by atoms with E-state index in [1.54, 1.807) is 18.1 Å². The number of fused-ring (bicyclic) bond motifs is 1. The summed E-state index contributed by atoms with van der Waals surface area (Å²) in [4.78, 5) is 28.9. The van der Waals surface area contributed by atoms with Crippen LogP contribution in [0.25, 0.3) is 5.70 Å². The first-order valence-electron chi connectivity index (χ1n) is 10.4. The summed E-state index contributed by atoms with van der Waals surface area (Å²) in [5.74, 6) is 0.758. The lowest BCUT2D eigenvalue weighted by Crippen LogP contribution is -2.45. The summed E-state index contributed by atoms with van der Waals surface area (Å²) in [6.45, 7) is 6.17. The van der Waals surface area contributed by atoms with Gasteiger partial charge in [-0.05, 0) is 43.2 Å². The maximum atomic E-state index is 12.5. The third-order valence-corrected chi connectivity index (χ3v) is 5.90. The van der Waals surface area contributed by atoms with Crippen molar-refractivity contribution in [3.8, 4) is 5.75 Å². The quantitative estimate of drug-likeness (QED) is 0.801. The van der Waals surface area contributed by atoms with Crippen LogP contribution in [-0.4, -0.2) is 49.5 Å². The van der Waals surface area contributed by atoms with Crippen LogP contribution >= 0.6 is 0 Å². The van der Waals surface area contributed by atoms with E-state index >= 15 is 0 Å². The molecule has 6 nitrogen and oxygen atoms in total. The highest BCUT2D eigenvalue weighted by Gasteiger charge is 2.30. The maximum Gasteiger partial charge on any atom is 0.258 e. The number of hydrogen-bond donors (Lipinski definition) is 1. The Bertz CT molecular complexity index is 911. The van der Waals surface area contributed by atoms with Gasteiger partial charge in [0.05, 0.1) is 7.11 Å². The zero-order valence-corrected chi connectivity index (χ0v) is 17.3. The van der Waals surface area contributed by atoms with Gasteiger partial charge in [0.15, 0.2) is 0 Å². The van der Waals surface area contributed by atoms with Crippen LogP contribution in [0.1, 0.15) is 35.2 Å². The number of nitrogens with zero attached hydrogens (tertiary/aromatic N) is 2. The summed E-state index contributed by atoms with van der Waals surface area (Å²) in [6.07, 6.45) is 2.08. The van der Waals surface area contributed by atoms with Crippen LogP contribution in [0.3, 0.4) is 0 Å². The Morgan fingerprint density at radius 1 is 1.10 bits per heavy atom. The van der Waals surface area contributed by atoms with Crippen LogP contribution in [0, 0.1) is 0 Å². The number of carbonyl (C=O) groups is 2. The molecule has 4 rings (SSSR count). The molecule has 0 saturated carbocycles. The minimum Gasteiger partial charge on any atom is -0.497 e. The van der Waals surface area contributed by atoms with Crippen molar-refractivity contribution in [2.24, 2.45) is 0 Å². The minimum atomic E-state index is -0.0730. The van der Waals surface area contributed by atoms with Gasteiger partial charge in [0.25, 0.3) is 5.91 Å². The Morgan fingerprint density at radius 3 is 2.40 bits per heavy atom. The van der Waals surface area contributed by atoms with Crippen molar-refractivity contribution in [1.82, 2.24) is 10.2 Å². The van der Waals surface area contributed by atoms with Crippen molar-refractivity contribution < 1.29 is 14.3 Å². The molecule has 6 heteroatoms. The summed E-state index contributed by atoms with van der Waals surface area (Å²) < 4.78 is 5.21. The van der Waals surface area contributed by atoms with Crippen LogP contribution in [0.15, 0.2) is 55.1 Å². The summed E-state index contributed by atoms with van der Waals surface area (Å²) in [7, 11) is 1.66. The fourth-order valence-corrected chi connectivity index (χ4v) is 4.16. The number of piperidine rings is 1. The first-order chi connectivity index (χ1) is 14.6. The van der Waals surface area contributed by atoms with Crippen LogP contribution in [0.5, 0.6) is 5.75 Å². The van der Waals surface area contributed by atoms with Gasteiger partial charge in [-0.3, -0.25) is 9.59 Å². The second-order valence-corrected chi connectivity index (χ2v) is 7.73. The van der Waals surface area contributed by atoms with E-state index in [4.69, 9.17) is 4.74 Å². The fourth-order valence-electron chi connectivity index (χ4n) is 4.16. The fraction of sp³-hybridized carbons (Fsp3) is 0.333. The molecule has 1 fully saturated rings. The normalized spacial score (nSPS) is 16.6. The largest absolute Gasteiger partial charge is 0.497 e. The minimum absolute atomic E-state index is 0.0190. The zero-order chi connectivity index (χ0) is 21.1.